The van der Waals surface area contributed by atoms with Gasteiger partial charge in [-0.15, -0.1) is 0 Å². The Morgan fingerprint density at radius 1 is 1.30 bits per heavy atom. The molecule has 108 valence electrons. The summed E-state index contributed by atoms with van der Waals surface area (Å²) in [4.78, 5) is 25.2. The van der Waals surface area contributed by atoms with Crippen molar-refractivity contribution in [1.82, 2.24) is 5.32 Å². The highest BCUT2D eigenvalue weighted by Gasteiger charge is 2.27. The van der Waals surface area contributed by atoms with Crippen molar-refractivity contribution in [3.8, 4) is 0 Å². The first-order valence-corrected chi connectivity index (χ1v) is 6.69. The summed E-state index contributed by atoms with van der Waals surface area (Å²) < 4.78 is 0. The number of nitrogens with two attached hydrogens (primary N) is 2. The second-order valence-electron chi connectivity index (χ2n) is 4.98. The number of nitrogen functional groups attached to an aromatic ring is 1. The van der Waals surface area contributed by atoms with Crippen LogP contribution in [0.4, 0.5) is 11.4 Å². The Labute approximate surface area is 118 Å². The lowest BCUT2D eigenvalue weighted by atomic mass is 9.95. The summed E-state index contributed by atoms with van der Waals surface area (Å²) in [5.41, 5.74) is 13.0. The molecule has 1 aromatic rings. The molecule has 1 saturated heterocycles. The zero-order valence-electron chi connectivity index (χ0n) is 11.6. The number of carbonyl (C=O) groups is 2. The van der Waals surface area contributed by atoms with Crippen LogP contribution >= 0.6 is 0 Å². The van der Waals surface area contributed by atoms with Crippen LogP contribution in [0, 0.1) is 5.92 Å². The number of nitrogens with zero attached hydrogens (tertiary/aromatic N) is 1. The standard InChI is InChI=1S/C14H20N4O2/c1-17-14(20)9-5-7-18(8-6-9)12-10(13(16)19)3-2-4-11(12)15/h2-4,9H,5-8,15H2,1H3,(H2,16,19)(H,17,20). The van der Waals surface area contributed by atoms with Gasteiger partial charge in [0, 0.05) is 26.1 Å². The lowest BCUT2D eigenvalue weighted by Crippen LogP contribution is -2.40. The highest BCUT2D eigenvalue weighted by atomic mass is 16.2. The zero-order valence-corrected chi connectivity index (χ0v) is 11.6. The van der Waals surface area contributed by atoms with E-state index in [1.54, 1.807) is 25.2 Å². The van der Waals surface area contributed by atoms with E-state index in [0.717, 1.165) is 12.8 Å². The number of hydrogen-bond donors (Lipinski definition) is 3. The van der Waals surface area contributed by atoms with E-state index in [1.165, 1.54) is 0 Å². The molecule has 0 aliphatic carbocycles. The first-order chi connectivity index (χ1) is 9.54. The van der Waals surface area contributed by atoms with E-state index in [-0.39, 0.29) is 11.8 Å². The number of benzene rings is 1. The van der Waals surface area contributed by atoms with Crippen molar-refractivity contribution in [2.75, 3.05) is 30.8 Å². The van der Waals surface area contributed by atoms with Gasteiger partial charge in [0.05, 0.1) is 16.9 Å². The van der Waals surface area contributed by atoms with E-state index in [1.807, 2.05) is 4.90 Å². The normalized spacial score (nSPS) is 15.9. The van der Waals surface area contributed by atoms with Crippen LogP contribution in [0.25, 0.3) is 0 Å². The monoisotopic (exact) mass is 276 g/mol. The van der Waals surface area contributed by atoms with Gasteiger partial charge in [-0.1, -0.05) is 6.07 Å². The van der Waals surface area contributed by atoms with Crippen molar-refractivity contribution in [2.45, 2.75) is 12.8 Å². The van der Waals surface area contributed by atoms with Crippen LogP contribution in [0.5, 0.6) is 0 Å². The Hall–Kier alpha value is -2.24. The minimum absolute atomic E-state index is 0.0261. The Bertz CT molecular complexity index is 522. The maximum atomic E-state index is 11.6. The molecule has 1 aliphatic rings. The lowest BCUT2D eigenvalue weighted by molar-refractivity contribution is -0.125. The molecular weight excluding hydrogens is 256 g/mol. The van der Waals surface area contributed by atoms with Crippen LogP contribution < -0.4 is 21.7 Å². The molecule has 5 N–H and O–H groups in total. The van der Waals surface area contributed by atoms with Crippen LogP contribution in [-0.4, -0.2) is 32.0 Å². The second kappa shape index (κ2) is 5.81. The summed E-state index contributed by atoms with van der Waals surface area (Å²) in [5, 5.41) is 2.67. The van der Waals surface area contributed by atoms with Gasteiger partial charge in [0.25, 0.3) is 5.91 Å². The van der Waals surface area contributed by atoms with E-state index in [4.69, 9.17) is 11.5 Å². The molecule has 2 rings (SSSR count). The minimum Gasteiger partial charge on any atom is -0.397 e. The maximum Gasteiger partial charge on any atom is 0.250 e. The predicted molar refractivity (Wildman–Crippen MR) is 78.4 cm³/mol. The molecule has 1 aliphatic heterocycles. The van der Waals surface area contributed by atoms with E-state index < -0.39 is 5.91 Å². The second-order valence-corrected chi connectivity index (χ2v) is 4.98. The fourth-order valence-corrected chi connectivity index (χ4v) is 2.68. The van der Waals surface area contributed by atoms with E-state index in [0.29, 0.717) is 30.0 Å². The Morgan fingerprint density at radius 2 is 1.95 bits per heavy atom. The Balaban J connectivity index is 2.19. The topological polar surface area (TPSA) is 101 Å². The van der Waals surface area contributed by atoms with Crippen molar-refractivity contribution in [2.24, 2.45) is 11.7 Å². The summed E-state index contributed by atoms with van der Waals surface area (Å²) in [6, 6.07) is 5.15. The van der Waals surface area contributed by atoms with Gasteiger partial charge in [-0.2, -0.15) is 0 Å². The van der Waals surface area contributed by atoms with E-state index in [9.17, 15) is 9.59 Å². The largest absolute Gasteiger partial charge is 0.397 e. The van der Waals surface area contributed by atoms with Gasteiger partial charge < -0.3 is 21.7 Å². The molecule has 0 radical (unpaired) electrons. The zero-order chi connectivity index (χ0) is 14.7. The summed E-state index contributed by atoms with van der Waals surface area (Å²) >= 11 is 0. The van der Waals surface area contributed by atoms with Crippen molar-refractivity contribution in [1.29, 1.82) is 0 Å². The fourth-order valence-electron chi connectivity index (χ4n) is 2.68. The average molecular weight is 276 g/mol. The highest BCUT2D eigenvalue weighted by molar-refractivity contribution is 6.01. The molecule has 0 atom stereocenters. The minimum atomic E-state index is -0.485. The molecule has 1 fully saturated rings. The number of anilines is 2. The summed E-state index contributed by atoms with van der Waals surface area (Å²) in [5.74, 6) is -0.389. The number of hydrogen-bond acceptors (Lipinski definition) is 4. The molecule has 0 bridgehead atoms. The highest BCUT2D eigenvalue weighted by Crippen LogP contribution is 2.31. The van der Waals surface area contributed by atoms with Crippen molar-refractivity contribution in [3.63, 3.8) is 0 Å². The average Bonchev–Trinajstić information content (AvgIpc) is 2.46. The molecule has 20 heavy (non-hydrogen) atoms. The number of nitrogens with one attached hydrogen (secondary N) is 1. The number of amides is 2. The summed E-state index contributed by atoms with van der Waals surface area (Å²) in [6.45, 7) is 1.37. The molecule has 6 nitrogen and oxygen atoms in total. The SMILES string of the molecule is CNC(=O)C1CCN(c2c(N)cccc2C(N)=O)CC1. The molecule has 2 amide bonds. The molecular formula is C14H20N4O2. The van der Waals surface area contributed by atoms with Gasteiger partial charge >= 0.3 is 0 Å². The Morgan fingerprint density at radius 3 is 2.50 bits per heavy atom. The van der Waals surface area contributed by atoms with Gasteiger partial charge in [-0.3, -0.25) is 9.59 Å². The molecule has 6 heteroatoms. The molecule has 0 saturated carbocycles. The molecule has 0 unspecified atom stereocenters. The lowest BCUT2D eigenvalue weighted by Gasteiger charge is -2.34. The number of primary amides is 1. The van der Waals surface area contributed by atoms with Gasteiger partial charge in [0.2, 0.25) is 5.91 Å². The van der Waals surface area contributed by atoms with Crippen LogP contribution in [0.1, 0.15) is 23.2 Å². The number of para-hydroxylation sites is 1. The van der Waals surface area contributed by atoms with Crippen LogP contribution in [0.3, 0.4) is 0 Å². The molecule has 1 aromatic carbocycles. The predicted octanol–water partition coefficient (Wildman–Crippen LogP) is 0.330. The summed E-state index contributed by atoms with van der Waals surface area (Å²) in [6.07, 6.45) is 1.48. The van der Waals surface area contributed by atoms with Gasteiger partial charge in [-0.25, -0.2) is 0 Å². The maximum absolute atomic E-state index is 11.6. The summed E-state index contributed by atoms with van der Waals surface area (Å²) in [7, 11) is 1.65. The van der Waals surface area contributed by atoms with Gasteiger partial charge in [0.1, 0.15) is 0 Å². The first-order valence-electron chi connectivity index (χ1n) is 6.69. The van der Waals surface area contributed by atoms with Crippen molar-refractivity contribution in [3.05, 3.63) is 23.8 Å². The number of carbonyl (C=O) groups excluding carboxylic acids is 2. The Kier molecular flexibility index (Phi) is 4.12. The third-order valence-corrected chi connectivity index (χ3v) is 3.76. The number of rotatable bonds is 3. The fraction of sp³-hybridized carbons (Fsp3) is 0.429. The van der Waals surface area contributed by atoms with E-state index >= 15 is 0 Å². The van der Waals surface area contributed by atoms with E-state index in [2.05, 4.69) is 5.32 Å². The smallest absolute Gasteiger partial charge is 0.250 e. The van der Waals surface area contributed by atoms with Gasteiger partial charge in [0.15, 0.2) is 0 Å². The molecule has 1 heterocycles. The van der Waals surface area contributed by atoms with Crippen molar-refractivity contribution < 1.29 is 9.59 Å². The molecule has 0 spiro atoms. The van der Waals surface area contributed by atoms with Crippen LogP contribution in [0.15, 0.2) is 18.2 Å². The quantitative estimate of drug-likeness (QED) is 0.692. The van der Waals surface area contributed by atoms with Gasteiger partial charge in [-0.05, 0) is 25.0 Å². The third kappa shape index (κ3) is 2.68. The van der Waals surface area contributed by atoms with Crippen LogP contribution in [-0.2, 0) is 4.79 Å². The first kappa shape index (κ1) is 14.2. The third-order valence-electron chi connectivity index (χ3n) is 3.76. The number of piperidine rings is 1. The van der Waals surface area contributed by atoms with Crippen molar-refractivity contribution >= 4 is 23.2 Å². The molecule has 0 aromatic heterocycles. The van der Waals surface area contributed by atoms with Crippen LogP contribution in [0.2, 0.25) is 0 Å².